The molecule has 0 aromatic carbocycles. The molecule has 0 aromatic heterocycles. The number of carbonyl (C=O) groups is 4. The van der Waals surface area contributed by atoms with Gasteiger partial charge in [-0.15, -0.1) is 0 Å². The van der Waals surface area contributed by atoms with Crippen molar-refractivity contribution in [1.29, 1.82) is 0 Å². The molecular weight excluding hydrogens is 654 g/mol. The largest absolute Gasteiger partial charge is 0.463 e. The molecule has 0 bridgehead atoms. The number of nitrogens with zero attached hydrogens (tertiary/aromatic N) is 3. The first-order valence-corrected chi connectivity index (χ1v) is 16.1. The van der Waals surface area contributed by atoms with Crippen LogP contribution in [0.15, 0.2) is 9.98 Å². The van der Waals surface area contributed by atoms with Crippen molar-refractivity contribution in [3.05, 3.63) is 0 Å². The van der Waals surface area contributed by atoms with Gasteiger partial charge < -0.3 is 77.2 Å². The maximum absolute atomic E-state index is 13.4. The van der Waals surface area contributed by atoms with Crippen molar-refractivity contribution in [2.45, 2.75) is 106 Å². The van der Waals surface area contributed by atoms with Crippen LogP contribution in [0.25, 0.3) is 0 Å². The van der Waals surface area contributed by atoms with Crippen molar-refractivity contribution in [2.24, 2.45) is 21.5 Å². The zero-order valence-corrected chi connectivity index (χ0v) is 27.1. The SMILES string of the molecule is CCCCCCC(=O)OCC1OC(N2C(N)=NCC2C(O)C(NC(=O)C(CO)NC2CN=C(N)N2)C(=O)NC(C=O)CO)C(O)C(O)C1O. The Kier molecular flexibility index (Phi) is 15.3. The van der Waals surface area contributed by atoms with Crippen molar-refractivity contribution in [3.63, 3.8) is 0 Å². The number of aliphatic hydroxyl groups is 6. The number of esters is 1. The number of amides is 2. The Balaban J connectivity index is 1.80. The van der Waals surface area contributed by atoms with Crippen LogP contribution in [-0.2, 0) is 28.7 Å². The quantitative estimate of drug-likeness (QED) is 0.0338. The molecule has 278 valence electrons. The molecule has 0 saturated carbocycles. The number of guanidine groups is 2. The van der Waals surface area contributed by atoms with Crippen molar-refractivity contribution < 1.29 is 59.3 Å². The van der Waals surface area contributed by atoms with E-state index in [1.807, 2.05) is 6.92 Å². The molecule has 11 atom stereocenters. The standard InChI is InChI=1S/C28H49N9O12/c1-2-3-4-5-6-18(41)48-12-16-21(43)22(44)23(45)26(49-16)37-15(7-32-28(37)30)20(42)19(25(47)33-13(9-38)10-39)36-24(46)14(11-40)34-17-8-31-27(29)35-17/h9,13-17,19-23,26,34,39-40,42-45H,2-8,10-12H2,1H3,(H2,30,32)(H,33,47)(H,36,46)(H3,29,31,35). The minimum Gasteiger partial charge on any atom is -0.463 e. The fraction of sp³-hybridized carbons (Fsp3) is 0.786. The van der Waals surface area contributed by atoms with E-state index >= 15 is 0 Å². The summed E-state index contributed by atoms with van der Waals surface area (Å²) in [5.74, 6) is -2.86. The highest BCUT2D eigenvalue weighted by Gasteiger charge is 2.52. The minimum atomic E-state index is -1.93. The van der Waals surface area contributed by atoms with Gasteiger partial charge in [0.1, 0.15) is 67.7 Å². The molecule has 3 aliphatic heterocycles. The van der Waals surface area contributed by atoms with E-state index in [0.29, 0.717) is 6.42 Å². The molecule has 0 spiro atoms. The summed E-state index contributed by atoms with van der Waals surface area (Å²) in [6.07, 6.45) is -7.23. The Labute approximate surface area is 282 Å². The predicted octanol–water partition coefficient (Wildman–Crippen LogP) is -6.98. The van der Waals surface area contributed by atoms with Gasteiger partial charge in [-0.2, -0.15) is 0 Å². The van der Waals surface area contributed by atoms with E-state index in [2.05, 4.69) is 31.3 Å². The van der Waals surface area contributed by atoms with Gasteiger partial charge in [-0.3, -0.25) is 24.7 Å². The third-order valence-electron chi connectivity index (χ3n) is 8.34. The zero-order valence-electron chi connectivity index (χ0n) is 27.1. The van der Waals surface area contributed by atoms with E-state index in [1.165, 1.54) is 0 Å². The second kappa shape index (κ2) is 18.9. The van der Waals surface area contributed by atoms with Crippen molar-refractivity contribution in [2.75, 3.05) is 32.9 Å². The summed E-state index contributed by atoms with van der Waals surface area (Å²) in [7, 11) is 0. The van der Waals surface area contributed by atoms with Crippen LogP contribution in [-0.4, -0.2) is 172 Å². The van der Waals surface area contributed by atoms with Crippen LogP contribution in [0.4, 0.5) is 0 Å². The Bertz CT molecular complexity index is 1200. The minimum absolute atomic E-state index is 0.0951. The normalized spacial score (nSPS) is 29.1. The molecule has 21 nitrogen and oxygen atoms in total. The summed E-state index contributed by atoms with van der Waals surface area (Å²) in [4.78, 5) is 59.3. The number of unbranched alkanes of at least 4 members (excludes halogenated alkanes) is 3. The number of aliphatic imine (C=N–C) groups is 2. The van der Waals surface area contributed by atoms with E-state index in [0.717, 1.165) is 24.2 Å². The molecule has 0 aliphatic carbocycles. The average Bonchev–Trinajstić information content (AvgIpc) is 3.69. The Morgan fingerprint density at radius 1 is 1.04 bits per heavy atom. The maximum atomic E-state index is 13.4. The first-order valence-electron chi connectivity index (χ1n) is 16.1. The number of hydrogen-bond acceptors (Lipinski definition) is 19. The second-order valence-corrected chi connectivity index (χ2v) is 11.9. The fourth-order valence-electron chi connectivity index (χ4n) is 5.55. The van der Waals surface area contributed by atoms with Crippen molar-refractivity contribution in [3.8, 4) is 0 Å². The lowest BCUT2D eigenvalue weighted by molar-refractivity contribution is -0.262. The Morgan fingerprint density at radius 2 is 1.78 bits per heavy atom. The molecule has 3 heterocycles. The molecule has 3 aliphatic rings. The van der Waals surface area contributed by atoms with Crippen LogP contribution in [0, 0.1) is 0 Å². The highest BCUT2D eigenvalue weighted by atomic mass is 16.6. The van der Waals surface area contributed by atoms with Gasteiger partial charge in [0.15, 0.2) is 18.1 Å². The van der Waals surface area contributed by atoms with Crippen LogP contribution in [0.5, 0.6) is 0 Å². The molecule has 2 amide bonds. The Morgan fingerprint density at radius 3 is 2.39 bits per heavy atom. The summed E-state index contributed by atoms with van der Waals surface area (Å²) in [6.45, 7) is -0.242. The lowest BCUT2D eigenvalue weighted by Crippen LogP contribution is -2.69. The highest BCUT2D eigenvalue weighted by Crippen LogP contribution is 2.29. The monoisotopic (exact) mass is 703 g/mol. The van der Waals surface area contributed by atoms with Gasteiger partial charge in [0.05, 0.1) is 32.3 Å². The predicted molar refractivity (Wildman–Crippen MR) is 169 cm³/mol. The molecule has 0 aromatic rings. The third kappa shape index (κ3) is 10.4. The fourth-order valence-corrected chi connectivity index (χ4v) is 5.55. The van der Waals surface area contributed by atoms with Gasteiger partial charge in [-0.05, 0) is 6.42 Å². The van der Waals surface area contributed by atoms with Gasteiger partial charge in [0.2, 0.25) is 11.8 Å². The summed E-state index contributed by atoms with van der Waals surface area (Å²) in [5.41, 5.74) is 11.7. The molecule has 1 fully saturated rings. The van der Waals surface area contributed by atoms with Gasteiger partial charge in [0.25, 0.3) is 0 Å². The number of nitrogens with one attached hydrogen (secondary N) is 4. The van der Waals surface area contributed by atoms with E-state index in [9.17, 15) is 49.8 Å². The van der Waals surface area contributed by atoms with E-state index < -0.39 is 105 Å². The van der Waals surface area contributed by atoms with Crippen LogP contribution in [0.2, 0.25) is 0 Å². The molecule has 1 saturated heterocycles. The van der Waals surface area contributed by atoms with Gasteiger partial charge in [-0.25, -0.2) is 4.99 Å². The molecular formula is C28H49N9O12. The number of rotatable bonds is 19. The summed E-state index contributed by atoms with van der Waals surface area (Å²) >= 11 is 0. The summed E-state index contributed by atoms with van der Waals surface area (Å²) in [5, 5.41) is 73.2. The van der Waals surface area contributed by atoms with Crippen LogP contribution in [0.3, 0.4) is 0 Å². The van der Waals surface area contributed by atoms with Gasteiger partial charge >= 0.3 is 5.97 Å². The van der Waals surface area contributed by atoms with E-state index in [1.54, 1.807) is 0 Å². The van der Waals surface area contributed by atoms with E-state index in [-0.39, 0.29) is 37.7 Å². The lowest BCUT2D eigenvalue weighted by Gasteiger charge is -2.46. The summed E-state index contributed by atoms with van der Waals surface area (Å²) in [6, 6.07) is -5.99. The van der Waals surface area contributed by atoms with Crippen LogP contribution < -0.4 is 32.7 Å². The molecule has 0 radical (unpaired) electrons. The van der Waals surface area contributed by atoms with Crippen molar-refractivity contribution in [1.82, 2.24) is 26.2 Å². The average molecular weight is 704 g/mol. The molecule has 3 rings (SSSR count). The molecule has 21 heteroatoms. The highest BCUT2D eigenvalue weighted by molar-refractivity contribution is 5.92. The maximum Gasteiger partial charge on any atom is 0.305 e. The first-order chi connectivity index (χ1) is 23.4. The van der Waals surface area contributed by atoms with Gasteiger partial charge in [-0.1, -0.05) is 26.2 Å². The third-order valence-corrected chi connectivity index (χ3v) is 8.34. The number of hydrogen-bond donors (Lipinski definition) is 12. The first kappa shape index (κ1) is 39.7. The smallest absolute Gasteiger partial charge is 0.305 e. The number of aliphatic hydroxyl groups excluding tert-OH is 6. The van der Waals surface area contributed by atoms with Crippen LogP contribution >= 0.6 is 0 Å². The molecule has 14 N–H and O–H groups in total. The molecule has 11 unspecified atom stereocenters. The van der Waals surface area contributed by atoms with Crippen molar-refractivity contribution >= 4 is 36.0 Å². The number of carbonyl (C=O) groups excluding carboxylic acids is 4. The topological polar surface area (TPSA) is 336 Å². The number of aldehydes is 1. The van der Waals surface area contributed by atoms with Gasteiger partial charge in [0, 0.05) is 6.42 Å². The number of nitrogens with two attached hydrogens (primary N) is 2. The lowest BCUT2D eigenvalue weighted by atomic mass is 9.95. The zero-order chi connectivity index (χ0) is 36.2. The van der Waals surface area contributed by atoms with E-state index in [4.69, 9.17) is 20.9 Å². The molecule has 49 heavy (non-hydrogen) atoms. The second-order valence-electron chi connectivity index (χ2n) is 11.9. The van der Waals surface area contributed by atoms with Crippen LogP contribution in [0.1, 0.15) is 39.0 Å². The Hall–Kier alpha value is -3.70. The number of ether oxygens (including phenoxy) is 2. The summed E-state index contributed by atoms with van der Waals surface area (Å²) < 4.78 is 11.1.